The van der Waals surface area contributed by atoms with Crippen LogP contribution in [0.25, 0.3) is 11.3 Å². The number of methoxy groups -OCH3 is 1. The maximum atomic E-state index is 10.9. The zero-order valence-electron chi connectivity index (χ0n) is 15.1. The van der Waals surface area contributed by atoms with E-state index < -0.39 is 6.09 Å². The van der Waals surface area contributed by atoms with Crippen molar-refractivity contribution in [1.82, 2.24) is 15.5 Å². The van der Waals surface area contributed by atoms with Crippen molar-refractivity contribution in [1.29, 1.82) is 0 Å². The van der Waals surface area contributed by atoms with Gasteiger partial charge in [-0.2, -0.15) is 0 Å². The Labute approximate surface area is 157 Å². The maximum Gasteiger partial charge on any atom is 0.404 e. The molecule has 0 unspecified atom stereocenters. The van der Waals surface area contributed by atoms with Gasteiger partial charge in [0.25, 0.3) is 0 Å². The molecule has 4 N–H and O–H groups in total. The van der Waals surface area contributed by atoms with Crippen molar-refractivity contribution in [3.8, 4) is 17.0 Å². The first-order chi connectivity index (χ1) is 13.1. The first-order valence-corrected chi connectivity index (χ1v) is 8.67. The molecule has 0 spiro atoms. The smallest absolute Gasteiger partial charge is 0.404 e. The van der Waals surface area contributed by atoms with Crippen LogP contribution in [0.3, 0.4) is 0 Å². The van der Waals surface area contributed by atoms with Crippen molar-refractivity contribution in [2.45, 2.75) is 18.9 Å². The van der Waals surface area contributed by atoms with Crippen molar-refractivity contribution >= 4 is 17.6 Å². The number of nitrogen functional groups attached to an aromatic ring is 1. The molecule has 3 rings (SSSR count). The van der Waals surface area contributed by atoms with Gasteiger partial charge in [0.15, 0.2) is 12.6 Å². The van der Waals surface area contributed by atoms with Gasteiger partial charge in [0, 0.05) is 31.8 Å². The Hall–Kier alpha value is -3.07. The Morgan fingerprint density at radius 3 is 3.00 bits per heavy atom. The third-order valence-corrected chi connectivity index (χ3v) is 4.39. The van der Waals surface area contributed by atoms with Crippen LogP contribution in [0.15, 0.2) is 30.3 Å². The Kier molecular flexibility index (Phi) is 5.92. The van der Waals surface area contributed by atoms with Crippen LogP contribution in [0, 0.1) is 0 Å². The average molecular weight is 373 g/mol. The quantitative estimate of drug-likeness (QED) is 0.657. The third kappa shape index (κ3) is 4.56. The van der Waals surface area contributed by atoms with E-state index in [9.17, 15) is 4.79 Å². The number of piperidine rings is 1. The predicted octanol–water partition coefficient (Wildman–Crippen LogP) is 1.94. The van der Waals surface area contributed by atoms with Gasteiger partial charge in [0.2, 0.25) is 0 Å². The molecule has 2 aromatic rings. The minimum atomic E-state index is -1.02. The van der Waals surface area contributed by atoms with Crippen molar-refractivity contribution in [3.63, 3.8) is 0 Å². The highest BCUT2D eigenvalue weighted by molar-refractivity contribution is 5.74. The van der Waals surface area contributed by atoms with E-state index in [1.165, 1.54) is 0 Å². The van der Waals surface area contributed by atoms with Crippen LogP contribution in [-0.4, -0.2) is 54.4 Å². The van der Waals surface area contributed by atoms with E-state index in [4.69, 9.17) is 20.3 Å². The molecule has 1 aromatic heterocycles. The largest absolute Gasteiger partial charge is 0.467 e. The molecule has 0 bridgehead atoms. The molecule has 0 aliphatic carbocycles. The zero-order valence-corrected chi connectivity index (χ0v) is 15.1. The average Bonchev–Trinajstić information content (AvgIpc) is 2.67. The highest BCUT2D eigenvalue weighted by Crippen LogP contribution is 2.33. The molecule has 0 radical (unpaired) electrons. The lowest BCUT2D eigenvalue weighted by atomic mass is 10.0. The van der Waals surface area contributed by atoms with E-state index in [2.05, 4.69) is 15.5 Å². The predicted molar refractivity (Wildman–Crippen MR) is 101 cm³/mol. The summed E-state index contributed by atoms with van der Waals surface area (Å²) in [4.78, 5) is 13.0. The number of hydrogen-bond donors (Lipinski definition) is 3. The van der Waals surface area contributed by atoms with Gasteiger partial charge in [-0.05, 0) is 31.0 Å². The lowest BCUT2D eigenvalue weighted by Gasteiger charge is -2.34. The molecule has 144 valence electrons. The lowest BCUT2D eigenvalue weighted by molar-refractivity contribution is 0.0515. The number of para-hydroxylation sites is 1. The molecule has 1 aliphatic rings. The summed E-state index contributed by atoms with van der Waals surface area (Å²) in [6.45, 7) is 1.43. The molecule has 9 nitrogen and oxygen atoms in total. The van der Waals surface area contributed by atoms with E-state index in [-0.39, 0.29) is 12.8 Å². The van der Waals surface area contributed by atoms with E-state index in [1.54, 1.807) is 7.11 Å². The SMILES string of the molecule is COCOc1ccccc1-c1cc(N2CCC[C@@H](NC(=O)O)C2)c(N)nn1. The monoisotopic (exact) mass is 373 g/mol. The number of hydrogen-bond acceptors (Lipinski definition) is 7. The van der Waals surface area contributed by atoms with Gasteiger partial charge >= 0.3 is 6.09 Å². The summed E-state index contributed by atoms with van der Waals surface area (Å²) in [6, 6.07) is 9.19. The Morgan fingerprint density at radius 1 is 1.41 bits per heavy atom. The number of nitrogens with two attached hydrogens (primary N) is 1. The van der Waals surface area contributed by atoms with E-state index in [0.717, 1.165) is 30.6 Å². The molecule has 1 aliphatic heterocycles. The van der Waals surface area contributed by atoms with Crippen LogP contribution in [0.5, 0.6) is 5.75 Å². The van der Waals surface area contributed by atoms with Crippen LogP contribution >= 0.6 is 0 Å². The van der Waals surface area contributed by atoms with Gasteiger partial charge in [-0.3, -0.25) is 0 Å². The van der Waals surface area contributed by atoms with Gasteiger partial charge in [-0.15, -0.1) is 10.2 Å². The number of rotatable bonds is 6. The Bertz CT molecular complexity index is 801. The van der Waals surface area contributed by atoms with E-state index in [1.807, 2.05) is 35.2 Å². The summed E-state index contributed by atoms with van der Waals surface area (Å²) < 4.78 is 10.6. The van der Waals surface area contributed by atoms with Crippen LogP contribution in [0.4, 0.5) is 16.3 Å². The molecule has 1 fully saturated rings. The van der Waals surface area contributed by atoms with Gasteiger partial charge in [0.1, 0.15) is 5.75 Å². The maximum absolute atomic E-state index is 10.9. The molecule has 9 heteroatoms. The highest BCUT2D eigenvalue weighted by Gasteiger charge is 2.24. The van der Waals surface area contributed by atoms with Crippen molar-refractivity contribution in [2.75, 3.05) is 37.6 Å². The van der Waals surface area contributed by atoms with E-state index in [0.29, 0.717) is 23.8 Å². The van der Waals surface area contributed by atoms with Crippen LogP contribution in [0.1, 0.15) is 12.8 Å². The number of amides is 1. The number of nitrogens with one attached hydrogen (secondary N) is 1. The number of anilines is 2. The topological polar surface area (TPSA) is 123 Å². The molecule has 27 heavy (non-hydrogen) atoms. The summed E-state index contributed by atoms with van der Waals surface area (Å²) in [7, 11) is 1.56. The Balaban J connectivity index is 1.88. The highest BCUT2D eigenvalue weighted by atomic mass is 16.7. The van der Waals surface area contributed by atoms with E-state index >= 15 is 0 Å². The Morgan fingerprint density at radius 2 is 2.22 bits per heavy atom. The lowest BCUT2D eigenvalue weighted by Crippen LogP contribution is -2.47. The fourth-order valence-corrected chi connectivity index (χ4v) is 3.19. The molecule has 1 amide bonds. The third-order valence-electron chi connectivity index (χ3n) is 4.39. The zero-order chi connectivity index (χ0) is 19.2. The molecular formula is C18H23N5O4. The number of benzene rings is 1. The minimum Gasteiger partial charge on any atom is -0.467 e. The van der Waals surface area contributed by atoms with Gasteiger partial charge in [0.05, 0.1) is 11.4 Å². The first kappa shape index (κ1) is 18.7. The van der Waals surface area contributed by atoms with Crippen LogP contribution in [0.2, 0.25) is 0 Å². The number of carboxylic acid groups (broad SMARTS) is 1. The normalized spacial score (nSPS) is 16.8. The van der Waals surface area contributed by atoms with Crippen LogP contribution < -0.4 is 20.7 Å². The van der Waals surface area contributed by atoms with Crippen molar-refractivity contribution < 1.29 is 19.4 Å². The first-order valence-electron chi connectivity index (χ1n) is 8.67. The standard InChI is InChI=1S/C18H23N5O4/c1-26-11-27-16-7-3-2-6-13(16)14-9-15(17(19)22-21-14)23-8-4-5-12(10-23)20-18(24)25/h2-3,6-7,9,12,20H,4-5,8,10-11H2,1H3,(H2,19,22)(H,24,25)/t12-/m1/s1. The second kappa shape index (κ2) is 8.54. The number of carbonyl (C=O) groups is 1. The summed E-state index contributed by atoms with van der Waals surface area (Å²) >= 11 is 0. The van der Waals surface area contributed by atoms with Crippen LogP contribution in [-0.2, 0) is 4.74 Å². The molecule has 1 atom stereocenters. The summed E-state index contributed by atoms with van der Waals surface area (Å²) in [6.07, 6.45) is 0.629. The van der Waals surface area contributed by atoms with Crippen molar-refractivity contribution in [2.24, 2.45) is 0 Å². The molecular weight excluding hydrogens is 350 g/mol. The minimum absolute atomic E-state index is 0.126. The second-order valence-electron chi connectivity index (χ2n) is 6.28. The summed E-state index contributed by atoms with van der Waals surface area (Å²) in [5, 5.41) is 19.8. The number of nitrogens with zero attached hydrogens (tertiary/aromatic N) is 3. The fraction of sp³-hybridized carbons (Fsp3) is 0.389. The summed E-state index contributed by atoms with van der Waals surface area (Å²) in [5.41, 5.74) is 8.20. The molecule has 2 heterocycles. The molecule has 1 aromatic carbocycles. The molecule has 1 saturated heterocycles. The van der Waals surface area contributed by atoms with Crippen molar-refractivity contribution in [3.05, 3.63) is 30.3 Å². The van der Waals surface area contributed by atoms with Gasteiger partial charge < -0.3 is 30.5 Å². The van der Waals surface area contributed by atoms with Gasteiger partial charge in [-0.1, -0.05) is 12.1 Å². The number of aromatic nitrogens is 2. The second-order valence-corrected chi connectivity index (χ2v) is 6.28. The summed E-state index contributed by atoms with van der Waals surface area (Å²) in [5.74, 6) is 0.943. The fourth-order valence-electron chi connectivity index (χ4n) is 3.19. The van der Waals surface area contributed by atoms with Gasteiger partial charge in [-0.25, -0.2) is 4.79 Å². The molecule has 0 saturated carbocycles. The number of ether oxygens (including phenoxy) is 2.